The van der Waals surface area contributed by atoms with Crippen LogP contribution >= 0.6 is 0 Å². The van der Waals surface area contributed by atoms with Gasteiger partial charge < -0.3 is 24.4 Å². The van der Waals surface area contributed by atoms with Crippen LogP contribution in [0.15, 0.2) is 54.9 Å². The molecular weight excluding hydrogens is 432 g/mol. The van der Waals surface area contributed by atoms with Gasteiger partial charge in [-0.3, -0.25) is 4.79 Å². The molecule has 4 rings (SSSR count). The van der Waals surface area contributed by atoms with Gasteiger partial charge in [-0.2, -0.15) is 0 Å². The zero-order chi connectivity index (χ0) is 23.9. The maximum Gasteiger partial charge on any atom is 0.263 e. The van der Waals surface area contributed by atoms with Crippen LogP contribution in [0.1, 0.15) is 35.7 Å². The van der Waals surface area contributed by atoms with Crippen molar-refractivity contribution in [2.45, 2.75) is 26.3 Å². The molecule has 1 N–H and O–H groups in total. The van der Waals surface area contributed by atoms with Gasteiger partial charge in [0.25, 0.3) is 11.8 Å². The molecule has 0 radical (unpaired) electrons. The molecule has 34 heavy (non-hydrogen) atoms. The predicted octanol–water partition coefficient (Wildman–Crippen LogP) is 4.45. The minimum Gasteiger partial charge on any atom is -0.497 e. The normalized spacial score (nSPS) is 13.9. The monoisotopic (exact) mass is 462 g/mol. The van der Waals surface area contributed by atoms with Gasteiger partial charge in [0.1, 0.15) is 17.2 Å². The van der Waals surface area contributed by atoms with Crippen molar-refractivity contribution in [3.63, 3.8) is 0 Å². The Kier molecular flexibility index (Phi) is 7.47. The van der Waals surface area contributed by atoms with E-state index >= 15 is 0 Å². The maximum absolute atomic E-state index is 12.7. The molecule has 3 aromatic rings. The van der Waals surface area contributed by atoms with Crippen LogP contribution in [0.3, 0.4) is 0 Å². The number of carbonyl (C=O) groups excluding carboxylic acids is 1. The fourth-order valence-electron chi connectivity index (χ4n) is 3.91. The molecule has 1 fully saturated rings. The second-order valence-electron chi connectivity index (χ2n) is 8.34. The summed E-state index contributed by atoms with van der Waals surface area (Å²) in [5, 5.41) is 2.92. The number of nitrogens with zero attached hydrogens (tertiary/aromatic N) is 3. The van der Waals surface area contributed by atoms with E-state index in [1.165, 1.54) is 0 Å². The molecule has 1 saturated heterocycles. The van der Waals surface area contributed by atoms with E-state index < -0.39 is 0 Å². The maximum atomic E-state index is 12.7. The molecule has 178 valence electrons. The summed E-state index contributed by atoms with van der Waals surface area (Å²) < 4.78 is 16.7. The van der Waals surface area contributed by atoms with E-state index in [0.717, 1.165) is 43.2 Å². The van der Waals surface area contributed by atoms with Gasteiger partial charge >= 0.3 is 0 Å². The van der Waals surface area contributed by atoms with Crippen molar-refractivity contribution in [1.82, 2.24) is 15.3 Å². The molecule has 0 aliphatic carbocycles. The van der Waals surface area contributed by atoms with Gasteiger partial charge in [0.15, 0.2) is 5.82 Å². The fraction of sp³-hybridized carbons (Fsp3) is 0.346. The first-order chi connectivity index (χ1) is 16.6. The van der Waals surface area contributed by atoms with E-state index in [1.807, 2.05) is 18.2 Å². The Morgan fingerprint density at radius 1 is 1.00 bits per heavy atom. The zero-order valence-electron chi connectivity index (χ0n) is 19.8. The van der Waals surface area contributed by atoms with Gasteiger partial charge in [-0.05, 0) is 61.2 Å². The highest BCUT2D eigenvalue weighted by Crippen LogP contribution is 2.31. The molecule has 2 aromatic carbocycles. The first-order valence-corrected chi connectivity index (χ1v) is 11.4. The molecule has 0 atom stereocenters. The Bertz CT molecular complexity index is 1110. The van der Waals surface area contributed by atoms with Gasteiger partial charge in [-0.1, -0.05) is 6.92 Å². The highest BCUT2D eigenvalue weighted by atomic mass is 16.5. The number of aromatic nitrogens is 2. The summed E-state index contributed by atoms with van der Waals surface area (Å²) >= 11 is 0. The molecule has 0 unspecified atom stereocenters. The Labute approximate surface area is 199 Å². The lowest BCUT2D eigenvalue weighted by molar-refractivity contribution is 0.0950. The van der Waals surface area contributed by atoms with Gasteiger partial charge in [-0.25, -0.2) is 9.97 Å². The van der Waals surface area contributed by atoms with Crippen LogP contribution in [-0.2, 0) is 6.54 Å². The standard InChI is InChI=1S/C26H30N4O4/c1-18-10-14-30(15-11-18)24-26(28-13-12-27-24)34-21-6-4-19(5-7-21)25(31)29-17-20-16-22(32-2)8-9-23(20)33-3/h4-9,12-13,16,18H,10-11,14-15,17H2,1-3H3,(H,29,31). The lowest BCUT2D eigenvalue weighted by atomic mass is 9.99. The van der Waals surface area contributed by atoms with Crippen molar-refractivity contribution in [3.8, 4) is 23.1 Å². The summed E-state index contributed by atoms with van der Waals surface area (Å²) in [5.41, 5.74) is 1.36. The third-order valence-corrected chi connectivity index (χ3v) is 5.99. The number of carbonyl (C=O) groups is 1. The van der Waals surface area contributed by atoms with Crippen LogP contribution in [-0.4, -0.2) is 43.2 Å². The van der Waals surface area contributed by atoms with Crippen LogP contribution in [0.4, 0.5) is 5.82 Å². The molecule has 1 aromatic heterocycles. The number of rotatable bonds is 8. The molecule has 8 heteroatoms. The number of nitrogens with one attached hydrogen (secondary N) is 1. The van der Waals surface area contributed by atoms with Crippen LogP contribution in [0.2, 0.25) is 0 Å². The summed E-state index contributed by atoms with van der Waals surface area (Å²) in [6.07, 6.45) is 5.56. The largest absolute Gasteiger partial charge is 0.497 e. The Hall–Kier alpha value is -3.81. The number of anilines is 1. The Balaban J connectivity index is 1.40. The van der Waals surface area contributed by atoms with Crippen molar-refractivity contribution in [3.05, 3.63) is 66.0 Å². The lowest BCUT2D eigenvalue weighted by Crippen LogP contribution is -2.33. The number of piperidine rings is 1. The van der Waals surface area contributed by atoms with Crippen molar-refractivity contribution >= 4 is 11.7 Å². The first-order valence-electron chi connectivity index (χ1n) is 11.4. The number of benzene rings is 2. The molecule has 0 bridgehead atoms. The Morgan fingerprint density at radius 3 is 2.41 bits per heavy atom. The minimum atomic E-state index is -0.195. The quantitative estimate of drug-likeness (QED) is 0.529. The van der Waals surface area contributed by atoms with Gasteiger partial charge in [0.05, 0.1) is 14.2 Å². The fourth-order valence-corrected chi connectivity index (χ4v) is 3.91. The highest BCUT2D eigenvalue weighted by molar-refractivity contribution is 5.94. The summed E-state index contributed by atoms with van der Waals surface area (Å²) in [5.74, 6) is 3.74. The van der Waals surface area contributed by atoms with Crippen molar-refractivity contribution in [1.29, 1.82) is 0 Å². The average Bonchev–Trinajstić information content (AvgIpc) is 2.88. The SMILES string of the molecule is COc1ccc(OC)c(CNC(=O)c2ccc(Oc3nccnc3N3CCC(C)CC3)cc2)c1. The van der Waals surface area contributed by atoms with E-state index in [2.05, 4.69) is 27.1 Å². The third-order valence-electron chi connectivity index (χ3n) is 5.99. The molecule has 1 aliphatic rings. The summed E-state index contributed by atoms with van der Waals surface area (Å²) in [4.78, 5) is 23.8. The molecule has 0 saturated carbocycles. The highest BCUT2D eigenvalue weighted by Gasteiger charge is 2.21. The van der Waals surface area contributed by atoms with Crippen molar-refractivity contribution < 1.29 is 19.0 Å². The molecule has 1 aliphatic heterocycles. The van der Waals surface area contributed by atoms with Gasteiger partial charge in [-0.15, -0.1) is 0 Å². The third kappa shape index (κ3) is 5.57. The first kappa shape index (κ1) is 23.4. The average molecular weight is 463 g/mol. The topological polar surface area (TPSA) is 85.8 Å². The van der Waals surface area contributed by atoms with Crippen LogP contribution in [0.5, 0.6) is 23.1 Å². The molecule has 8 nitrogen and oxygen atoms in total. The smallest absolute Gasteiger partial charge is 0.263 e. The number of amides is 1. The van der Waals surface area contributed by atoms with Gasteiger partial charge in [0.2, 0.25) is 0 Å². The van der Waals surface area contributed by atoms with Crippen LogP contribution < -0.4 is 24.4 Å². The van der Waals surface area contributed by atoms with E-state index in [9.17, 15) is 4.79 Å². The summed E-state index contributed by atoms with van der Waals surface area (Å²) in [6, 6.07) is 12.5. The molecule has 2 heterocycles. The summed E-state index contributed by atoms with van der Waals surface area (Å²) in [6.45, 7) is 4.46. The van der Waals surface area contributed by atoms with E-state index in [1.54, 1.807) is 50.9 Å². The van der Waals surface area contributed by atoms with Crippen LogP contribution in [0, 0.1) is 5.92 Å². The predicted molar refractivity (Wildman–Crippen MR) is 130 cm³/mol. The van der Waals surface area contributed by atoms with E-state index in [4.69, 9.17) is 14.2 Å². The number of ether oxygens (including phenoxy) is 3. The number of hydrogen-bond acceptors (Lipinski definition) is 7. The van der Waals surface area contributed by atoms with E-state index in [-0.39, 0.29) is 5.91 Å². The van der Waals surface area contributed by atoms with Crippen LogP contribution in [0.25, 0.3) is 0 Å². The minimum absolute atomic E-state index is 0.195. The van der Waals surface area contributed by atoms with Crippen molar-refractivity contribution in [2.75, 3.05) is 32.2 Å². The lowest BCUT2D eigenvalue weighted by Gasteiger charge is -2.31. The Morgan fingerprint density at radius 2 is 1.71 bits per heavy atom. The molecule has 1 amide bonds. The molecular formula is C26H30N4O4. The second kappa shape index (κ2) is 10.9. The number of methoxy groups -OCH3 is 2. The summed E-state index contributed by atoms with van der Waals surface area (Å²) in [7, 11) is 3.20. The zero-order valence-corrected chi connectivity index (χ0v) is 19.8. The van der Waals surface area contributed by atoms with Gasteiger partial charge in [0, 0.05) is 43.2 Å². The second-order valence-corrected chi connectivity index (χ2v) is 8.34. The van der Waals surface area contributed by atoms with Crippen molar-refractivity contribution in [2.24, 2.45) is 5.92 Å². The molecule has 0 spiro atoms. The van der Waals surface area contributed by atoms with E-state index in [0.29, 0.717) is 35.2 Å². The number of hydrogen-bond donors (Lipinski definition) is 1.